The molecule has 0 spiro atoms. The molecule has 0 saturated carbocycles. The predicted octanol–water partition coefficient (Wildman–Crippen LogP) is 6.28. The van der Waals surface area contributed by atoms with Crippen molar-refractivity contribution in [3.05, 3.63) is 116 Å². The Hall–Kier alpha value is -3.06. The van der Waals surface area contributed by atoms with Gasteiger partial charge in [0.05, 0.1) is 0 Å². The number of rotatable bonds is 7. The molecule has 0 atom stereocenters. The maximum Gasteiger partial charge on any atom is 0.0467 e. The SMILES string of the molecule is C=CC=Cc1cccc(N(C(C=C)=CC=C)c2ccccc2)c1. The molecular weight excluding hydrogens is 278 g/mol. The van der Waals surface area contributed by atoms with Crippen molar-refractivity contribution in [1.82, 2.24) is 0 Å². The van der Waals surface area contributed by atoms with E-state index in [9.17, 15) is 0 Å². The van der Waals surface area contributed by atoms with Gasteiger partial charge in [-0.2, -0.15) is 0 Å². The molecule has 23 heavy (non-hydrogen) atoms. The molecule has 0 radical (unpaired) electrons. The van der Waals surface area contributed by atoms with Crippen molar-refractivity contribution in [3.8, 4) is 0 Å². The maximum atomic E-state index is 3.94. The lowest BCUT2D eigenvalue weighted by Gasteiger charge is -2.26. The highest BCUT2D eigenvalue weighted by molar-refractivity contribution is 5.72. The molecule has 0 amide bonds. The molecule has 2 aromatic carbocycles. The van der Waals surface area contributed by atoms with E-state index in [-0.39, 0.29) is 0 Å². The Morgan fingerprint density at radius 3 is 2.22 bits per heavy atom. The standard InChI is InChI=1S/C22H21N/c1-4-7-13-19-14-11-17-22(18-19)23(20(6-3)12-5-2)21-15-9-8-10-16-21/h4-18H,1-3H2. The van der Waals surface area contributed by atoms with E-state index in [2.05, 4.69) is 55.0 Å². The lowest BCUT2D eigenvalue weighted by atomic mass is 10.1. The topological polar surface area (TPSA) is 3.24 Å². The Morgan fingerprint density at radius 1 is 0.826 bits per heavy atom. The van der Waals surface area contributed by atoms with Crippen LogP contribution in [0.4, 0.5) is 11.4 Å². The summed E-state index contributed by atoms with van der Waals surface area (Å²) >= 11 is 0. The summed E-state index contributed by atoms with van der Waals surface area (Å²) in [6.45, 7) is 11.5. The molecule has 0 heterocycles. The van der Waals surface area contributed by atoms with Crippen LogP contribution in [0.25, 0.3) is 6.08 Å². The van der Waals surface area contributed by atoms with Crippen LogP contribution in [-0.4, -0.2) is 0 Å². The lowest BCUT2D eigenvalue weighted by molar-refractivity contribution is 1.21. The summed E-state index contributed by atoms with van der Waals surface area (Å²) in [4.78, 5) is 2.15. The quantitative estimate of drug-likeness (QED) is 0.544. The molecule has 1 heteroatoms. The Kier molecular flexibility index (Phi) is 5.96. The number of anilines is 2. The smallest absolute Gasteiger partial charge is 0.0467 e. The molecule has 2 rings (SSSR count). The zero-order valence-electron chi connectivity index (χ0n) is 13.2. The van der Waals surface area contributed by atoms with Gasteiger partial charge in [0.2, 0.25) is 0 Å². The molecule has 0 aliphatic rings. The molecule has 0 aliphatic heterocycles. The van der Waals surface area contributed by atoms with Gasteiger partial charge in [0.15, 0.2) is 0 Å². The van der Waals surface area contributed by atoms with Crippen LogP contribution in [0.5, 0.6) is 0 Å². The second-order valence-corrected chi connectivity index (χ2v) is 4.89. The summed E-state index contributed by atoms with van der Waals surface area (Å²) in [6, 6.07) is 18.5. The van der Waals surface area contributed by atoms with Gasteiger partial charge in [0.25, 0.3) is 0 Å². The van der Waals surface area contributed by atoms with E-state index in [1.165, 1.54) is 0 Å². The van der Waals surface area contributed by atoms with Gasteiger partial charge in [0, 0.05) is 17.1 Å². The third-order valence-corrected chi connectivity index (χ3v) is 3.32. The maximum absolute atomic E-state index is 3.94. The highest BCUT2D eigenvalue weighted by Crippen LogP contribution is 2.31. The zero-order chi connectivity index (χ0) is 16.5. The second kappa shape index (κ2) is 8.40. The summed E-state index contributed by atoms with van der Waals surface area (Å²) in [7, 11) is 0. The highest BCUT2D eigenvalue weighted by atomic mass is 15.1. The molecule has 114 valence electrons. The number of allylic oxidation sites excluding steroid dienone is 5. The fourth-order valence-electron chi connectivity index (χ4n) is 2.33. The van der Waals surface area contributed by atoms with Crippen LogP contribution in [0.1, 0.15) is 5.56 Å². The monoisotopic (exact) mass is 299 g/mol. The number of benzene rings is 2. The summed E-state index contributed by atoms with van der Waals surface area (Å²) in [5.74, 6) is 0. The Morgan fingerprint density at radius 2 is 1.57 bits per heavy atom. The second-order valence-electron chi connectivity index (χ2n) is 4.89. The zero-order valence-corrected chi connectivity index (χ0v) is 13.2. The highest BCUT2D eigenvalue weighted by Gasteiger charge is 2.12. The van der Waals surface area contributed by atoms with Crippen LogP contribution < -0.4 is 4.90 Å². The van der Waals surface area contributed by atoms with E-state index < -0.39 is 0 Å². The van der Waals surface area contributed by atoms with Crippen molar-refractivity contribution in [2.75, 3.05) is 4.90 Å². The molecule has 1 nitrogen and oxygen atoms in total. The number of hydrogen-bond acceptors (Lipinski definition) is 1. The van der Waals surface area contributed by atoms with Crippen molar-refractivity contribution in [1.29, 1.82) is 0 Å². The first-order valence-corrected chi connectivity index (χ1v) is 7.49. The first kappa shape index (κ1) is 16.3. The minimum atomic E-state index is 0.969. The van der Waals surface area contributed by atoms with Crippen LogP contribution in [0, 0.1) is 0 Å². The molecule has 0 aliphatic carbocycles. The molecule has 0 aromatic heterocycles. The lowest BCUT2D eigenvalue weighted by Crippen LogP contribution is -2.14. The van der Waals surface area contributed by atoms with Gasteiger partial charge in [-0.25, -0.2) is 0 Å². The van der Waals surface area contributed by atoms with Gasteiger partial charge in [-0.05, 0) is 42.0 Å². The van der Waals surface area contributed by atoms with E-state index in [4.69, 9.17) is 0 Å². The minimum absolute atomic E-state index is 0.969. The van der Waals surface area contributed by atoms with Crippen LogP contribution in [0.3, 0.4) is 0 Å². The normalized spacial score (nSPS) is 11.2. The number of nitrogens with zero attached hydrogens (tertiary/aromatic N) is 1. The molecule has 0 bridgehead atoms. The Labute approximate surface area is 138 Å². The van der Waals surface area contributed by atoms with Gasteiger partial charge in [-0.15, -0.1) is 0 Å². The molecule has 0 unspecified atom stereocenters. The Bertz CT molecular complexity index is 736. The molecule has 0 saturated heterocycles. The fraction of sp³-hybridized carbons (Fsp3) is 0. The van der Waals surface area contributed by atoms with Gasteiger partial charge in [0.1, 0.15) is 0 Å². The van der Waals surface area contributed by atoms with Gasteiger partial charge in [-0.1, -0.05) is 74.4 Å². The van der Waals surface area contributed by atoms with E-state index in [0.29, 0.717) is 0 Å². The van der Waals surface area contributed by atoms with Gasteiger partial charge < -0.3 is 4.90 Å². The van der Waals surface area contributed by atoms with E-state index >= 15 is 0 Å². The average Bonchev–Trinajstić information content (AvgIpc) is 2.61. The third-order valence-electron chi connectivity index (χ3n) is 3.32. The van der Waals surface area contributed by atoms with Crippen molar-refractivity contribution in [3.63, 3.8) is 0 Å². The van der Waals surface area contributed by atoms with Crippen LogP contribution in [0.15, 0.2) is 110 Å². The molecule has 0 fully saturated rings. The third kappa shape index (κ3) is 4.21. The fourth-order valence-corrected chi connectivity index (χ4v) is 2.33. The van der Waals surface area contributed by atoms with E-state index in [1.54, 1.807) is 12.2 Å². The van der Waals surface area contributed by atoms with Crippen LogP contribution >= 0.6 is 0 Å². The van der Waals surface area contributed by atoms with Gasteiger partial charge >= 0.3 is 0 Å². The van der Waals surface area contributed by atoms with Crippen molar-refractivity contribution in [2.45, 2.75) is 0 Å². The Balaban J connectivity index is 2.56. The van der Waals surface area contributed by atoms with Crippen molar-refractivity contribution >= 4 is 17.5 Å². The van der Waals surface area contributed by atoms with Crippen LogP contribution in [-0.2, 0) is 0 Å². The van der Waals surface area contributed by atoms with E-state index in [0.717, 1.165) is 22.6 Å². The first-order valence-electron chi connectivity index (χ1n) is 7.49. The number of para-hydroxylation sites is 1. The number of hydrogen-bond donors (Lipinski definition) is 0. The first-order chi connectivity index (χ1) is 11.3. The van der Waals surface area contributed by atoms with Crippen molar-refractivity contribution in [2.24, 2.45) is 0 Å². The minimum Gasteiger partial charge on any atom is -0.311 e. The largest absolute Gasteiger partial charge is 0.311 e. The van der Waals surface area contributed by atoms with Crippen LogP contribution in [0.2, 0.25) is 0 Å². The summed E-state index contributed by atoms with van der Waals surface area (Å²) < 4.78 is 0. The molecule has 0 N–H and O–H groups in total. The van der Waals surface area contributed by atoms with E-state index in [1.807, 2.05) is 48.6 Å². The summed E-state index contributed by atoms with van der Waals surface area (Å²) in [5, 5.41) is 0. The average molecular weight is 299 g/mol. The van der Waals surface area contributed by atoms with Crippen molar-refractivity contribution < 1.29 is 0 Å². The summed E-state index contributed by atoms with van der Waals surface area (Å²) in [6.07, 6.45) is 11.3. The molecule has 2 aromatic rings. The predicted molar refractivity (Wildman–Crippen MR) is 103 cm³/mol. The van der Waals surface area contributed by atoms with Gasteiger partial charge in [-0.3, -0.25) is 0 Å². The summed E-state index contributed by atoms with van der Waals surface area (Å²) in [5.41, 5.74) is 4.22. The molecular formula is C22H21N.